The molecule has 3 fully saturated rings. The molecule has 74 valence electrons. The van der Waals surface area contributed by atoms with Gasteiger partial charge < -0.3 is 18.9 Å². The molecule has 0 aliphatic carbocycles. The molecule has 0 aromatic heterocycles. The van der Waals surface area contributed by atoms with Crippen LogP contribution in [0.5, 0.6) is 0 Å². The molecule has 0 amide bonds. The zero-order valence-electron chi connectivity index (χ0n) is 7.48. The fourth-order valence-electron chi connectivity index (χ4n) is 1.97. The van der Waals surface area contributed by atoms with Gasteiger partial charge in [-0.05, 0) is 6.42 Å². The maximum Gasteiger partial charge on any atom is 0.112 e. The lowest BCUT2D eigenvalue weighted by Crippen LogP contribution is -2.31. The second-order valence-electron chi connectivity index (χ2n) is 3.82. The first-order valence-electron chi connectivity index (χ1n) is 4.90. The lowest BCUT2D eigenvalue weighted by atomic mass is 10.1. The van der Waals surface area contributed by atoms with E-state index in [1.165, 1.54) is 0 Å². The quantitative estimate of drug-likeness (QED) is 0.580. The molecule has 4 unspecified atom stereocenters. The van der Waals surface area contributed by atoms with E-state index in [2.05, 4.69) is 0 Å². The van der Waals surface area contributed by atoms with Gasteiger partial charge in [-0.1, -0.05) is 0 Å². The first-order chi connectivity index (χ1) is 6.43. The van der Waals surface area contributed by atoms with Crippen molar-refractivity contribution in [3.05, 3.63) is 0 Å². The molecule has 3 heterocycles. The minimum absolute atomic E-state index is 0.136. The summed E-state index contributed by atoms with van der Waals surface area (Å²) < 4.78 is 21.8. The van der Waals surface area contributed by atoms with Crippen LogP contribution in [0.1, 0.15) is 6.42 Å². The van der Waals surface area contributed by atoms with Crippen molar-refractivity contribution in [1.82, 2.24) is 0 Å². The predicted octanol–water partition coefficient (Wildman–Crippen LogP) is -0.0419. The van der Waals surface area contributed by atoms with Crippen LogP contribution in [0, 0.1) is 0 Å². The van der Waals surface area contributed by atoms with Crippen LogP contribution < -0.4 is 0 Å². The summed E-state index contributed by atoms with van der Waals surface area (Å²) in [7, 11) is 0. The van der Waals surface area contributed by atoms with Crippen molar-refractivity contribution in [2.45, 2.75) is 30.8 Å². The minimum atomic E-state index is 0.136. The van der Waals surface area contributed by atoms with Gasteiger partial charge in [0.25, 0.3) is 0 Å². The van der Waals surface area contributed by atoms with Gasteiger partial charge in [0.1, 0.15) is 18.3 Å². The third-order valence-corrected chi connectivity index (χ3v) is 2.82. The topological polar surface area (TPSA) is 40.2 Å². The maximum atomic E-state index is 5.67. The molecule has 4 heteroatoms. The fourth-order valence-corrected chi connectivity index (χ4v) is 1.97. The summed E-state index contributed by atoms with van der Waals surface area (Å²) in [5.74, 6) is 0. The molecule has 0 saturated carbocycles. The number of epoxide rings is 1. The highest BCUT2D eigenvalue weighted by atomic mass is 16.6. The number of hydrogen-bond acceptors (Lipinski definition) is 4. The Bertz CT molecular complexity index is 192. The third-order valence-electron chi connectivity index (χ3n) is 2.82. The molecule has 0 spiro atoms. The van der Waals surface area contributed by atoms with Gasteiger partial charge in [0.2, 0.25) is 0 Å². The molecule has 4 nitrogen and oxygen atoms in total. The van der Waals surface area contributed by atoms with Crippen LogP contribution in [-0.4, -0.2) is 50.8 Å². The van der Waals surface area contributed by atoms with Gasteiger partial charge in [-0.2, -0.15) is 0 Å². The number of hydrogen-bond donors (Lipinski definition) is 0. The van der Waals surface area contributed by atoms with E-state index < -0.39 is 0 Å². The Labute approximate surface area is 77.1 Å². The average Bonchev–Trinajstić information content (AvgIpc) is 2.72. The van der Waals surface area contributed by atoms with Crippen LogP contribution in [-0.2, 0) is 18.9 Å². The second kappa shape index (κ2) is 3.20. The van der Waals surface area contributed by atoms with E-state index in [0.717, 1.165) is 19.6 Å². The molecule has 0 aromatic carbocycles. The Kier molecular flexibility index (Phi) is 2.01. The summed E-state index contributed by atoms with van der Waals surface area (Å²) in [4.78, 5) is 0. The normalized spacial score (nSPS) is 48.0. The molecule has 0 N–H and O–H groups in total. The smallest absolute Gasteiger partial charge is 0.112 e. The zero-order chi connectivity index (χ0) is 8.67. The summed E-state index contributed by atoms with van der Waals surface area (Å²) in [6, 6.07) is 0. The van der Waals surface area contributed by atoms with Crippen LogP contribution in [0.4, 0.5) is 0 Å². The van der Waals surface area contributed by atoms with Gasteiger partial charge in [-0.15, -0.1) is 0 Å². The minimum Gasteiger partial charge on any atom is -0.373 e. The maximum absolute atomic E-state index is 5.67. The predicted molar refractivity (Wildman–Crippen MR) is 43.6 cm³/mol. The Balaban J connectivity index is 1.52. The number of fused-ring (bicyclic) bond motifs is 1. The highest BCUT2D eigenvalue weighted by molar-refractivity contribution is 4.90. The molecule has 0 aromatic rings. The van der Waals surface area contributed by atoms with E-state index in [4.69, 9.17) is 18.9 Å². The van der Waals surface area contributed by atoms with Gasteiger partial charge in [-0.25, -0.2) is 0 Å². The monoisotopic (exact) mass is 186 g/mol. The fraction of sp³-hybridized carbons (Fsp3) is 1.00. The first kappa shape index (κ1) is 8.17. The lowest BCUT2D eigenvalue weighted by Gasteiger charge is -2.15. The third kappa shape index (κ3) is 1.59. The summed E-state index contributed by atoms with van der Waals surface area (Å²) in [5.41, 5.74) is 0. The van der Waals surface area contributed by atoms with Gasteiger partial charge in [0, 0.05) is 6.61 Å². The summed E-state index contributed by atoms with van der Waals surface area (Å²) >= 11 is 0. The molecule has 4 atom stereocenters. The highest BCUT2D eigenvalue weighted by Crippen LogP contribution is 2.28. The molecule has 3 rings (SSSR count). The summed E-state index contributed by atoms with van der Waals surface area (Å²) in [6.45, 7) is 3.04. The average molecular weight is 186 g/mol. The van der Waals surface area contributed by atoms with E-state index in [1.807, 2.05) is 0 Å². The SMILES string of the molecule is C1CC2OCC(OCC3CO3)C2O1. The van der Waals surface area contributed by atoms with Gasteiger partial charge in [0.05, 0.1) is 25.9 Å². The van der Waals surface area contributed by atoms with Crippen LogP contribution >= 0.6 is 0 Å². The van der Waals surface area contributed by atoms with Gasteiger partial charge in [-0.3, -0.25) is 0 Å². The van der Waals surface area contributed by atoms with Crippen molar-refractivity contribution in [1.29, 1.82) is 0 Å². The first-order valence-corrected chi connectivity index (χ1v) is 4.90. The summed E-state index contributed by atoms with van der Waals surface area (Å²) in [5, 5.41) is 0. The number of rotatable bonds is 3. The van der Waals surface area contributed by atoms with Crippen molar-refractivity contribution >= 4 is 0 Å². The van der Waals surface area contributed by atoms with E-state index in [0.29, 0.717) is 19.3 Å². The second-order valence-corrected chi connectivity index (χ2v) is 3.82. The summed E-state index contributed by atoms with van der Waals surface area (Å²) in [6.07, 6.45) is 1.95. The molecule has 0 radical (unpaired) electrons. The molecular formula is C9H14O4. The standard InChI is InChI=1S/C9H14O4/c1-2-10-9-7(1)13-5-8(9)12-4-6-3-11-6/h6-9H,1-5H2. The van der Waals surface area contributed by atoms with Crippen LogP contribution in [0.25, 0.3) is 0 Å². The van der Waals surface area contributed by atoms with Crippen LogP contribution in [0.2, 0.25) is 0 Å². The van der Waals surface area contributed by atoms with E-state index in [1.54, 1.807) is 0 Å². The zero-order valence-corrected chi connectivity index (χ0v) is 7.48. The number of ether oxygens (including phenoxy) is 4. The Morgan fingerprint density at radius 2 is 2.08 bits per heavy atom. The Morgan fingerprint density at radius 3 is 2.92 bits per heavy atom. The molecule has 13 heavy (non-hydrogen) atoms. The van der Waals surface area contributed by atoms with Crippen LogP contribution in [0.15, 0.2) is 0 Å². The Hall–Kier alpha value is -0.160. The van der Waals surface area contributed by atoms with E-state index in [-0.39, 0.29) is 18.3 Å². The molecule has 3 aliphatic rings. The van der Waals surface area contributed by atoms with Gasteiger partial charge >= 0.3 is 0 Å². The Morgan fingerprint density at radius 1 is 1.15 bits per heavy atom. The van der Waals surface area contributed by atoms with Crippen molar-refractivity contribution < 1.29 is 18.9 Å². The largest absolute Gasteiger partial charge is 0.373 e. The molecule has 0 bridgehead atoms. The van der Waals surface area contributed by atoms with Gasteiger partial charge in [0.15, 0.2) is 0 Å². The molecular weight excluding hydrogens is 172 g/mol. The highest BCUT2D eigenvalue weighted by Gasteiger charge is 2.43. The van der Waals surface area contributed by atoms with Crippen molar-refractivity contribution in [2.75, 3.05) is 26.4 Å². The van der Waals surface area contributed by atoms with Crippen molar-refractivity contribution in [3.63, 3.8) is 0 Å². The van der Waals surface area contributed by atoms with E-state index in [9.17, 15) is 0 Å². The van der Waals surface area contributed by atoms with E-state index >= 15 is 0 Å². The molecule has 3 aliphatic heterocycles. The molecule has 3 saturated heterocycles. The lowest BCUT2D eigenvalue weighted by molar-refractivity contribution is -0.0350. The van der Waals surface area contributed by atoms with Crippen molar-refractivity contribution in [3.8, 4) is 0 Å². The van der Waals surface area contributed by atoms with Crippen molar-refractivity contribution in [2.24, 2.45) is 0 Å². The van der Waals surface area contributed by atoms with Crippen LogP contribution in [0.3, 0.4) is 0 Å².